The largest absolute Gasteiger partial charge is 0.376 e. The minimum atomic E-state index is -1.04. The highest BCUT2D eigenvalue weighted by Crippen LogP contribution is 2.45. The van der Waals surface area contributed by atoms with Crippen LogP contribution < -0.4 is 0 Å². The van der Waals surface area contributed by atoms with Crippen LogP contribution in [-0.4, -0.2) is 29.1 Å². The second-order valence-corrected chi connectivity index (χ2v) is 6.75. The molecule has 23 heavy (non-hydrogen) atoms. The second-order valence-electron chi connectivity index (χ2n) is 6.75. The van der Waals surface area contributed by atoms with Gasteiger partial charge >= 0.3 is 0 Å². The molecule has 2 bridgehead atoms. The van der Waals surface area contributed by atoms with Crippen molar-refractivity contribution in [2.24, 2.45) is 0 Å². The molecule has 2 heterocycles. The van der Waals surface area contributed by atoms with Crippen molar-refractivity contribution >= 4 is 0 Å². The first-order valence-corrected chi connectivity index (χ1v) is 8.47. The highest BCUT2D eigenvalue weighted by Gasteiger charge is 2.45. The van der Waals surface area contributed by atoms with E-state index in [0.717, 1.165) is 29.5 Å². The van der Waals surface area contributed by atoms with E-state index in [-0.39, 0.29) is 0 Å². The summed E-state index contributed by atoms with van der Waals surface area (Å²) in [4.78, 5) is 2.45. The van der Waals surface area contributed by atoms with Crippen molar-refractivity contribution in [3.63, 3.8) is 0 Å². The van der Waals surface area contributed by atoms with Gasteiger partial charge in [0.05, 0.1) is 0 Å². The van der Waals surface area contributed by atoms with Crippen LogP contribution in [0.5, 0.6) is 0 Å². The predicted octanol–water partition coefficient (Wildman–Crippen LogP) is 3.72. The van der Waals surface area contributed by atoms with Crippen LogP contribution in [0, 0.1) is 0 Å². The average molecular weight is 305 g/mol. The molecule has 2 aromatic rings. The Hall–Kier alpha value is -1.90. The van der Waals surface area contributed by atoms with Crippen molar-refractivity contribution in [1.82, 2.24) is 4.90 Å². The molecular weight excluding hydrogens is 282 g/mol. The van der Waals surface area contributed by atoms with Crippen LogP contribution in [0.2, 0.25) is 0 Å². The maximum absolute atomic E-state index is 11.9. The Bertz CT molecular complexity index is 668. The number of likely N-dealkylation sites (N-methyl/N-ethyl adjacent to an activating group) is 1. The molecule has 1 saturated heterocycles. The Balaban J connectivity index is 1.89. The number of aliphatic hydroxyl groups is 1. The zero-order valence-corrected chi connectivity index (χ0v) is 13.5. The van der Waals surface area contributed by atoms with Crippen LogP contribution in [0.15, 0.2) is 72.3 Å². The van der Waals surface area contributed by atoms with Crippen LogP contribution in [0.3, 0.4) is 0 Å². The molecule has 2 atom stereocenters. The molecule has 2 aliphatic rings. The average Bonchev–Trinajstić information content (AvgIpc) is 2.84. The third kappa shape index (κ3) is 2.25. The lowest BCUT2D eigenvalue weighted by Crippen LogP contribution is -2.44. The molecule has 2 aromatic carbocycles. The van der Waals surface area contributed by atoms with Crippen LogP contribution in [0.1, 0.15) is 30.4 Å². The lowest BCUT2D eigenvalue weighted by Gasteiger charge is -2.41. The lowest BCUT2D eigenvalue weighted by atomic mass is 9.75. The minimum absolute atomic E-state index is 0.333. The first-order valence-electron chi connectivity index (χ1n) is 8.47. The third-order valence-corrected chi connectivity index (χ3v) is 5.61. The fourth-order valence-electron chi connectivity index (χ4n) is 4.32. The molecule has 0 aliphatic carbocycles. The van der Waals surface area contributed by atoms with E-state index in [4.69, 9.17) is 0 Å². The molecule has 0 amide bonds. The van der Waals surface area contributed by atoms with Crippen molar-refractivity contribution in [2.45, 2.75) is 36.9 Å². The molecule has 0 saturated carbocycles. The number of hydrogen-bond acceptors (Lipinski definition) is 2. The second kappa shape index (κ2) is 5.63. The van der Waals surface area contributed by atoms with Crippen molar-refractivity contribution in [3.8, 4) is 0 Å². The Labute approximate surface area is 138 Å². The van der Waals surface area contributed by atoms with Crippen LogP contribution >= 0.6 is 0 Å². The quantitative estimate of drug-likeness (QED) is 0.874. The van der Waals surface area contributed by atoms with E-state index in [2.05, 4.69) is 18.0 Å². The zero-order valence-electron chi connectivity index (χ0n) is 13.5. The van der Waals surface area contributed by atoms with Crippen LogP contribution in [0.25, 0.3) is 0 Å². The van der Waals surface area contributed by atoms with Gasteiger partial charge in [-0.1, -0.05) is 66.7 Å². The summed E-state index contributed by atoms with van der Waals surface area (Å²) in [6.07, 6.45) is 5.68. The normalized spacial score (nSPS) is 24.5. The Morgan fingerprint density at radius 2 is 1.48 bits per heavy atom. The van der Waals surface area contributed by atoms with Gasteiger partial charge in [0.2, 0.25) is 0 Å². The van der Waals surface area contributed by atoms with Crippen LogP contribution in [0.4, 0.5) is 0 Å². The first kappa shape index (κ1) is 14.7. The molecule has 0 spiro atoms. The fourth-order valence-corrected chi connectivity index (χ4v) is 4.32. The Kier molecular flexibility index (Phi) is 3.59. The van der Waals surface area contributed by atoms with Gasteiger partial charge in [-0.25, -0.2) is 0 Å². The van der Waals surface area contributed by atoms with Gasteiger partial charge in [0.1, 0.15) is 5.60 Å². The number of fused-ring (bicyclic) bond motifs is 2. The van der Waals surface area contributed by atoms with Gasteiger partial charge < -0.3 is 5.11 Å². The number of hydrogen-bond donors (Lipinski definition) is 1. The lowest BCUT2D eigenvalue weighted by molar-refractivity contribution is 0.0933. The number of rotatable bonds is 3. The standard InChI is InChI=1S/C21H23NO/c1-22-18-12-14-19(20(22)15-13-18)21(23,16-8-4-2-5-9-16)17-10-6-3-7-11-17/h2-11,14,18,20,23H,12-13,15H2,1H3. The van der Waals surface area contributed by atoms with Crippen LogP contribution in [-0.2, 0) is 5.60 Å². The van der Waals surface area contributed by atoms with Crippen molar-refractivity contribution in [2.75, 3.05) is 7.05 Å². The monoisotopic (exact) mass is 305 g/mol. The molecule has 118 valence electrons. The maximum Gasteiger partial charge on any atom is 0.138 e. The minimum Gasteiger partial charge on any atom is -0.376 e. The van der Waals surface area contributed by atoms with Crippen molar-refractivity contribution in [3.05, 3.63) is 83.4 Å². The summed E-state index contributed by atoms with van der Waals surface area (Å²) in [5.41, 5.74) is 2.01. The van der Waals surface area contributed by atoms with E-state index in [9.17, 15) is 5.11 Å². The molecule has 0 aromatic heterocycles. The molecule has 2 unspecified atom stereocenters. The molecule has 1 fully saturated rings. The van der Waals surface area contributed by atoms with Gasteiger partial charge in [-0.3, -0.25) is 4.90 Å². The van der Waals surface area contributed by atoms with Crippen molar-refractivity contribution < 1.29 is 5.11 Å². The molecule has 1 N–H and O–H groups in total. The topological polar surface area (TPSA) is 23.5 Å². The number of benzene rings is 2. The van der Waals surface area contributed by atoms with E-state index in [0.29, 0.717) is 12.1 Å². The van der Waals surface area contributed by atoms with Gasteiger partial charge in [0.15, 0.2) is 0 Å². The highest BCUT2D eigenvalue weighted by atomic mass is 16.3. The maximum atomic E-state index is 11.9. The van der Waals surface area contributed by atoms with Gasteiger partial charge in [-0.15, -0.1) is 0 Å². The van der Waals surface area contributed by atoms with Gasteiger partial charge in [0, 0.05) is 12.1 Å². The first-order chi connectivity index (χ1) is 11.2. The smallest absolute Gasteiger partial charge is 0.138 e. The summed E-state index contributed by atoms with van der Waals surface area (Å²) in [6, 6.07) is 21.2. The molecule has 2 heteroatoms. The van der Waals surface area contributed by atoms with E-state index in [1.54, 1.807) is 0 Å². The number of nitrogens with zero attached hydrogens (tertiary/aromatic N) is 1. The van der Waals surface area contributed by atoms with Gasteiger partial charge in [-0.05, 0) is 43.0 Å². The molecular formula is C21H23NO. The summed E-state index contributed by atoms with van der Waals surface area (Å²) in [5, 5.41) is 11.9. The summed E-state index contributed by atoms with van der Waals surface area (Å²) in [6.45, 7) is 0. The molecule has 4 rings (SSSR count). The van der Waals surface area contributed by atoms with Crippen molar-refractivity contribution in [1.29, 1.82) is 0 Å². The molecule has 0 radical (unpaired) electrons. The summed E-state index contributed by atoms with van der Waals surface area (Å²) in [7, 11) is 2.20. The SMILES string of the molecule is CN1C2CC=C(C(O)(c3ccccc3)c3ccccc3)C1CC2. The van der Waals surface area contributed by atoms with E-state index < -0.39 is 5.60 Å². The predicted molar refractivity (Wildman–Crippen MR) is 93.2 cm³/mol. The molecule has 2 aliphatic heterocycles. The molecule has 2 nitrogen and oxygen atoms in total. The Morgan fingerprint density at radius 1 is 0.913 bits per heavy atom. The summed E-state index contributed by atoms with van der Waals surface area (Å²) < 4.78 is 0. The Morgan fingerprint density at radius 3 is 2.04 bits per heavy atom. The summed E-state index contributed by atoms with van der Waals surface area (Å²) >= 11 is 0. The fraction of sp³-hybridized carbons (Fsp3) is 0.333. The summed E-state index contributed by atoms with van der Waals surface area (Å²) in [5.74, 6) is 0. The van der Waals surface area contributed by atoms with Gasteiger partial charge in [0.25, 0.3) is 0 Å². The zero-order chi connectivity index (χ0) is 15.9. The van der Waals surface area contributed by atoms with Gasteiger partial charge in [-0.2, -0.15) is 0 Å². The van der Waals surface area contributed by atoms with E-state index in [1.165, 1.54) is 6.42 Å². The highest BCUT2D eigenvalue weighted by molar-refractivity contribution is 5.48. The van der Waals surface area contributed by atoms with E-state index >= 15 is 0 Å². The van der Waals surface area contributed by atoms with E-state index in [1.807, 2.05) is 60.7 Å². The third-order valence-electron chi connectivity index (χ3n) is 5.61.